The van der Waals surface area contributed by atoms with Gasteiger partial charge in [0.15, 0.2) is 0 Å². The number of thiocarbonyl (C=S) groups is 1. The van der Waals surface area contributed by atoms with E-state index in [4.69, 9.17) is 12.2 Å². The van der Waals surface area contributed by atoms with Gasteiger partial charge in [-0.05, 0) is 48.7 Å². The van der Waals surface area contributed by atoms with Gasteiger partial charge in [0.1, 0.15) is 16.1 Å². The minimum absolute atomic E-state index is 0.113. The number of rotatable bonds is 4. The highest BCUT2D eigenvalue weighted by Gasteiger charge is 2.38. The summed E-state index contributed by atoms with van der Waals surface area (Å²) in [4.78, 5) is 27.9. The first-order valence-electron chi connectivity index (χ1n) is 7.36. The Morgan fingerprint density at radius 2 is 2.04 bits per heavy atom. The predicted molar refractivity (Wildman–Crippen MR) is 106 cm³/mol. The van der Waals surface area contributed by atoms with E-state index in [-0.39, 0.29) is 17.6 Å². The summed E-state index contributed by atoms with van der Waals surface area (Å²) in [5.41, 5.74) is 0.536. The van der Waals surface area contributed by atoms with Gasteiger partial charge in [-0.3, -0.25) is 14.5 Å². The summed E-state index contributed by atoms with van der Waals surface area (Å²) in [5.74, 6) is -0.502. The number of nitrogens with one attached hydrogen (secondary N) is 1. The molecule has 1 saturated heterocycles. The van der Waals surface area contributed by atoms with Crippen molar-refractivity contribution in [2.24, 2.45) is 0 Å². The predicted octanol–water partition coefficient (Wildman–Crippen LogP) is 3.68. The smallest absolute Gasteiger partial charge is 0.266 e. The summed E-state index contributed by atoms with van der Waals surface area (Å²) in [7, 11) is 0. The van der Waals surface area contributed by atoms with Crippen molar-refractivity contribution in [1.29, 1.82) is 0 Å². The van der Waals surface area contributed by atoms with Crippen LogP contribution >= 0.6 is 35.3 Å². The summed E-state index contributed by atoms with van der Waals surface area (Å²) in [5, 5.41) is 13.9. The van der Waals surface area contributed by atoms with Crippen LogP contribution in [-0.2, 0) is 9.59 Å². The van der Waals surface area contributed by atoms with Crippen LogP contribution in [-0.4, -0.2) is 32.2 Å². The third-order valence-corrected chi connectivity index (χ3v) is 5.69. The second-order valence-electron chi connectivity index (χ2n) is 5.28. The van der Waals surface area contributed by atoms with Crippen LogP contribution in [0.3, 0.4) is 0 Å². The van der Waals surface area contributed by atoms with Crippen LogP contribution in [0.25, 0.3) is 6.08 Å². The zero-order valence-corrected chi connectivity index (χ0v) is 15.6. The Morgan fingerprint density at radius 1 is 1.32 bits per heavy atom. The van der Waals surface area contributed by atoms with Crippen LogP contribution in [0.5, 0.6) is 5.75 Å². The Labute approximate surface area is 158 Å². The maximum Gasteiger partial charge on any atom is 0.266 e. The molecular formula is C17H14N2O3S3. The number of phenolic OH excluding ortho intramolecular Hbond substituents is 1. The van der Waals surface area contributed by atoms with Gasteiger partial charge < -0.3 is 10.4 Å². The molecule has 0 spiro atoms. The number of benzene rings is 1. The van der Waals surface area contributed by atoms with Crippen LogP contribution in [0.4, 0.5) is 5.69 Å². The molecule has 8 heteroatoms. The van der Waals surface area contributed by atoms with Crippen molar-refractivity contribution in [3.05, 3.63) is 51.6 Å². The molecule has 1 aromatic heterocycles. The van der Waals surface area contributed by atoms with Gasteiger partial charge in [0, 0.05) is 10.6 Å². The molecule has 5 nitrogen and oxygen atoms in total. The first-order valence-corrected chi connectivity index (χ1v) is 9.46. The van der Waals surface area contributed by atoms with Gasteiger partial charge in [0.2, 0.25) is 5.91 Å². The highest BCUT2D eigenvalue weighted by atomic mass is 32.2. The van der Waals surface area contributed by atoms with Crippen molar-refractivity contribution in [3.8, 4) is 5.75 Å². The molecule has 2 aromatic rings. The molecule has 1 aliphatic heterocycles. The fourth-order valence-electron chi connectivity index (χ4n) is 2.23. The molecule has 128 valence electrons. The minimum Gasteiger partial charge on any atom is -0.508 e. The molecule has 0 bridgehead atoms. The molecular weight excluding hydrogens is 376 g/mol. The van der Waals surface area contributed by atoms with Gasteiger partial charge >= 0.3 is 0 Å². The number of anilines is 1. The van der Waals surface area contributed by atoms with E-state index in [9.17, 15) is 14.7 Å². The first kappa shape index (κ1) is 17.7. The van der Waals surface area contributed by atoms with Gasteiger partial charge in [-0.1, -0.05) is 30.0 Å². The number of aromatic hydroxyl groups is 1. The van der Waals surface area contributed by atoms with E-state index in [1.54, 1.807) is 25.1 Å². The van der Waals surface area contributed by atoms with E-state index in [1.165, 1.54) is 40.1 Å². The standard InChI is InChI=1S/C17H14N2O3S3/c1-10(15(21)18-11-4-6-12(20)7-5-11)19-16(22)14(25-17(19)23)9-13-3-2-8-24-13/h2-10,20H,1H3,(H,18,21)/b14-9-. The SMILES string of the molecule is CC(C(=O)Nc1ccc(O)cc1)N1C(=O)/C(=C/c2cccs2)SC1=S. The average molecular weight is 391 g/mol. The number of amides is 2. The highest BCUT2D eigenvalue weighted by Crippen LogP contribution is 2.34. The zero-order chi connectivity index (χ0) is 18.0. The minimum atomic E-state index is -0.740. The van der Waals surface area contributed by atoms with Crippen LogP contribution < -0.4 is 5.32 Å². The lowest BCUT2D eigenvalue weighted by Crippen LogP contribution is -2.44. The molecule has 1 aliphatic rings. The van der Waals surface area contributed by atoms with E-state index in [2.05, 4.69) is 5.32 Å². The molecule has 2 amide bonds. The Balaban J connectivity index is 1.73. The van der Waals surface area contributed by atoms with Gasteiger partial charge in [0.05, 0.1) is 4.91 Å². The number of hydrogen-bond acceptors (Lipinski definition) is 6. The Kier molecular flexibility index (Phi) is 5.22. The van der Waals surface area contributed by atoms with E-state index in [1.807, 2.05) is 17.5 Å². The first-order chi connectivity index (χ1) is 12.0. The van der Waals surface area contributed by atoms with Crippen LogP contribution in [0.15, 0.2) is 46.7 Å². The number of carbonyl (C=O) groups excluding carboxylic acids is 2. The van der Waals surface area contributed by atoms with Crippen molar-refractivity contribution in [2.45, 2.75) is 13.0 Å². The summed E-state index contributed by atoms with van der Waals surface area (Å²) in [6.07, 6.45) is 1.79. The molecule has 0 saturated carbocycles. The van der Waals surface area contributed by atoms with Crippen molar-refractivity contribution < 1.29 is 14.7 Å². The van der Waals surface area contributed by atoms with E-state index < -0.39 is 6.04 Å². The second-order valence-corrected chi connectivity index (χ2v) is 7.93. The average Bonchev–Trinajstić information content (AvgIpc) is 3.18. The van der Waals surface area contributed by atoms with Crippen molar-refractivity contribution in [3.63, 3.8) is 0 Å². The quantitative estimate of drug-likeness (QED) is 0.473. The van der Waals surface area contributed by atoms with Gasteiger partial charge in [0.25, 0.3) is 5.91 Å². The van der Waals surface area contributed by atoms with Gasteiger partial charge in [-0.2, -0.15) is 0 Å². The largest absolute Gasteiger partial charge is 0.508 e. The molecule has 0 radical (unpaired) electrons. The number of hydrogen-bond donors (Lipinski definition) is 2. The summed E-state index contributed by atoms with van der Waals surface area (Å²) < 4.78 is 0.362. The summed E-state index contributed by atoms with van der Waals surface area (Å²) in [6.45, 7) is 1.63. The Morgan fingerprint density at radius 3 is 2.68 bits per heavy atom. The number of phenols is 1. The van der Waals surface area contributed by atoms with Crippen molar-refractivity contribution in [1.82, 2.24) is 4.90 Å². The molecule has 0 aliphatic carbocycles. The number of nitrogens with zero attached hydrogens (tertiary/aromatic N) is 1. The fraction of sp³-hybridized carbons (Fsp3) is 0.118. The van der Waals surface area contributed by atoms with Crippen molar-refractivity contribution >= 4 is 63.2 Å². The lowest BCUT2D eigenvalue weighted by Gasteiger charge is -2.22. The number of thioether (sulfide) groups is 1. The maximum absolute atomic E-state index is 12.6. The Hall–Kier alpha value is -2.16. The molecule has 1 atom stereocenters. The third-order valence-electron chi connectivity index (χ3n) is 3.54. The molecule has 3 rings (SSSR count). The molecule has 1 aromatic carbocycles. The summed E-state index contributed by atoms with van der Waals surface area (Å²) in [6, 6.07) is 9.20. The Bertz CT molecular complexity index is 845. The number of thiophene rings is 1. The highest BCUT2D eigenvalue weighted by molar-refractivity contribution is 8.26. The lowest BCUT2D eigenvalue weighted by molar-refractivity contribution is -0.129. The van der Waals surface area contributed by atoms with Crippen LogP contribution in [0.2, 0.25) is 0 Å². The molecule has 2 heterocycles. The monoisotopic (exact) mass is 390 g/mol. The topological polar surface area (TPSA) is 69.6 Å². The lowest BCUT2D eigenvalue weighted by atomic mass is 10.2. The van der Waals surface area contributed by atoms with E-state index >= 15 is 0 Å². The summed E-state index contributed by atoms with van der Waals surface area (Å²) >= 11 is 8.01. The van der Waals surface area contributed by atoms with E-state index in [0.717, 1.165) is 4.88 Å². The molecule has 1 unspecified atom stereocenters. The van der Waals surface area contributed by atoms with Crippen LogP contribution in [0.1, 0.15) is 11.8 Å². The van der Waals surface area contributed by atoms with E-state index in [0.29, 0.717) is 14.9 Å². The molecule has 2 N–H and O–H groups in total. The van der Waals surface area contributed by atoms with Crippen molar-refractivity contribution in [2.75, 3.05) is 5.32 Å². The number of carbonyl (C=O) groups is 2. The molecule has 1 fully saturated rings. The fourth-order valence-corrected chi connectivity index (χ4v) is 4.37. The second kappa shape index (κ2) is 7.38. The molecule has 25 heavy (non-hydrogen) atoms. The zero-order valence-electron chi connectivity index (χ0n) is 13.1. The normalized spacial score (nSPS) is 17.2. The van der Waals surface area contributed by atoms with Gasteiger partial charge in [-0.25, -0.2) is 0 Å². The van der Waals surface area contributed by atoms with Crippen LogP contribution in [0, 0.1) is 0 Å². The maximum atomic E-state index is 12.6. The third kappa shape index (κ3) is 3.92. The van der Waals surface area contributed by atoms with Gasteiger partial charge in [-0.15, -0.1) is 11.3 Å².